The van der Waals surface area contributed by atoms with Crippen LogP contribution >= 0.6 is 0 Å². The zero-order valence-corrected chi connectivity index (χ0v) is 18.7. The monoisotopic (exact) mass is 462 g/mol. The summed E-state index contributed by atoms with van der Waals surface area (Å²) < 4.78 is 26.8. The third kappa shape index (κ3) is 6.12. The molecule has 2 unspecified atom stereocenters. The maximum absolute atomic E-state index is 12.5. The van der Waals surface area contributed by atoms with Gasteiger partial charge >= 0.3 is 11.9 Å². The Morgan fingerprint density at radius 1 is 0.765 bits per heavy atom. The first-order chi connectivity index (χ1) is 16.6. The zero-order chi connectivity index (χ0) is 23.3. The zero-order valence-electron chi connectivity index (χ0n) is 18.7. The van der Waals surface area contributed by atoms with Crippen molar-refractivity contribution >= 4 is 22.7 Å². The van der Waals surface area contributed by atoms with Gasteiger partial charge in [-0.2, -0.15) is 0 Å². The topological polar surface area (TPSA) is 86.9 Å². The first-order valence-electron chi connectivity index (χ1n) is 11.5. The number of benzene rings is 3. The molecular formula is C27H26O7. The lowest BCUT2D eigenvalue weighted by Gasteiger charge is -2.09. The van der Waals surface area contributed by atoms with E-state index in [0.29, 0.717) is 41.9 Å². The van der Waals surface area contributed by atoms with Crippen LogP contribution < -0.4 is 9.47 Å². The van der Waals surface area contributed by atoms with Crippen molar-refractivity contribution in [2.24, 2.45) is 0 Å². The van der Waals surface area contributed by atoms with E-state index in [2.05, 4.69) is 0 Å². The van der Waals surface area contributed by atoms with Crippen LogP contribution in [0.3, 0.4) is 0 Å². The van der Waals surface area contributed by atoms with E-state index < -0.39 is 5.97 Å². The van der Waals surface area contributed by atoms with Gasteiger partial charge in [-0.15, -0.1) is 0 Å². The average molecular weight is 462 g/mol. The van der Waals surface area contributed by atoms with Crippen LogP contribution in [0.15, 0.2) is 60.7 Å². The predicted molar refractivity (Wildman–Crippen MR) is 124 cm³/mol. The number of rotatable bonds is 11. The van der Waals surface area contributed by atoms with E-state index in [1.165, 1.54) is 0 Å². The Kier molecular flexibility index (Phi) is 6.74. The number of esters is 2. The Balaban J connectivity index is 1.15. The second kappa shape index (κ2) is 10.2. The Morgan fingerprint density at radius 3 is 2.21 bits per heavy atom. The first-order valence-corrected chi connectivity index (χ1v) is 11.5. The number of ether oxygens (including phenoxy) is 5. The van der Waals surface area contributed by atoms with Crippen LogP contribution in [-0.2, 0) is 14.2 Å². The lowest BCUT2D eigenvalue weighted by molar-refractivity contribution is 0.0497. The highest BCUT2D eigenvalue weighted by molar-refractivity contribution is 5.96. The molecule has 2 fully saturated rings. The lowest BCUT2D eigenvalue weighted by atomic mass is 10.1. The van der Waals surface area contributed by atoms with Crippen molar-refractivity contribution in [1.82, 2.24) is 0 Å². The van der Waals surface area contributed by atoms with Crippen LogP contribution in [0.5, 0.6) is 11.5 Å². The van der Waals surface area contributed by atoms with Crippen molar-refractivity contribution in [2.45, 2.75) is 31.5 Å². The molecule has 0 N–H and O–H groups in total. The van der Waals surface area contributed by atoms with Crippen LogP contribution in [0.25, 0.3) is 10.8 Å². The highest BCUT2D eigenvalue weighted by atomic mass is 16.6. The number of hydrogen-bond acceptors (Lipinski definition) is 7. The van der Waals surface area contributed by atoms with E-state index in [1.807, 2.05) is 12.1 Å². The van der Waals surface area contributed by atoms with E-state index in [0.717, 1.165) is 43.2 Å². The van der Waals surface area contributed by atoms with Crippen molar-refractivity contribution in [2.75, 3.05) is 26.4 Å². The van der Waals surface area contributed by atoms with Gasteiger partial charge in [-0.05, 0) is 78.6 Å². The quantitative estimate of drug-likeness (QED) is 0.179. The summed E-state index contributed by atoms with van der Waals surface area (Å²) in [5, 5.41) is 1.72. The molecule has 0 radical (unpaired) electrons. The molecule has 0 bridgehead atoms. The van der Waals surface area contributed by atoms with E-state index in [-0.39, 0.29) is 12.1 Å². The number of unbranched alkanes of at least 4 members (excludes halogenated alkanes) is 1. The molecule has 7 heteroatoms. The van der Waals surface area contributed by atoms with Crippen LogP contribution in [0.1, 0.15) is 40.0 Å². The predicted octanol–water partition coefficient (Wildman–Crippen LogP) is 4.56. The molecular weight excluding hydrogens is 436 g/mol. The van der Waals surface area contributed by atoms with Crippen LogP contribution in [0, 0.1) is 0 Å². The van der Waals surface area contributed by atoms with Crippen LogP contribution in [-0.4, -0.2) is 50.6 Å². The largest absolute Gasteiger partial charge is 0.491 e. The second-order valence-electron chi connectivity index (χ2n) is 8.49. The third-order valence-electron chi connectivity index (χ3n) is 5.74. The minimum absolute atomic E-state index is 0.178. The average Bonchev–Trinajstić information content (AvgIpc) is 3.78. The maximum Gasteiger partial charge on any atom is 0.343 e. The van der Waals surface area contributed by atoms with Gasteiger partial charge in [-0.25, -0.2) is 9.59 Å². The molecule has 2 saturated heterocycles. The summed E-state index contributed by atoms with van der Waals surface area (Å²) in [7, 11) is 0. The number of carbonyl (C=O) groups excluding carboxylic acids is 2. The Bertz CT molecular complexity index is 1160. The second-order valence-corrected chi connectivity index (χ2v) is 8.49. The van der Waals surface area contributed by atoms with Gasteiger partial charge in [0.25, 0.3) is 0 Å². The molecule has 176 valence electrons. The standard InChI is InChI=1S/C27H26O7/c28-26(30-12-2-1-3-24-15-32-24)21-5-4-20-14-23(11-8-19(20)13-21)34-27(29)18-6-9-22(10-7-18)31-16-25-17-33-25/h4-11,13-14,24-25H,1-3,12,15-17H2. The fourth-order valence-electron chi connectivity index (χ4n) is 3.58. The fraction of sp³-hybridized carbons (Fsp3) is 0.333. The van der Waals surface area contributed by atoms with Gasteiger partial charge < -0.3 is 23.7 Å². The van der Waals surface area contributed by atoms with E-state index in [9.17, 15) is 9.59 Å². The van der Waals surface area contributed by atoms with Gasteiger partial charge in [0.15, 0.2) is 0 Å². The van der Waals surface area contributed by atoms with E-state index in [1.54, 1.807) is 48.5 Å². The van der Waals surface area contributed by atoms with E-state index >= 15 is 0 Å². The summed E-state index contributed by atoms with van der Waals surface area (Å²) in [6.07, 6.45) is 3.44. The molecule has 2 atom stereocenters. The van der Waals surface area contributed by atoms with Crippen molar-refractivity contribution in [1.29, 1.82) is 0 Å². The number of fused-ring (bicyclic) bond motifs is 1. The Morgan fingerprint density at radius 2 is 1.44 bits per heavy atom. The minimum atomic E-state index is -0.454. The first kappa shape index (κ1) is 22.4. The summed E-state index contributed by atoms with van der Waals surface area (Å²) in [6, 6.07) is 17.5. The molecule has 2 aliphatic heterocycles. The molecule has 2 heterocycles. The maximum atomic E-state index is 12.5. The number of hydrogen-bond donors (Lipinski definition) is 0. The summed E-state index contributed by atoms with van der Waals surface area (Å²) in [4.78, 5) is 24.9. The number of carbonyl (C=O) groups is 2. The third-order valence-corrected chi connectivity index (χ3v) is 5.74. The Hall–Kier alpha value is -3.42. The molecule has 0 spiro atoms. The van der Waals surface area contributed by atoms with Crippen molar-refractivity contribution < 1.29 is 33.3 Å². The SMILES string of the molecule is O=C(OCCCCC1CO1)c1ccc2cc(OC(=O)c3ccc(OCC4CO4)cc3)ccc2c1. The summed E-state index contributed by atoms with van der Waals surface area (Å²) in [5.41, 5.74) is 0.927. The van der Waals surface area contributed by atoms with Gasteiger partial charge in [0.1, 0.15) is 24.2 Å². The molecule has 5 rings (SSSR count). The van der Waals surface area contributed by atoms with Crippen LogP contribution in [0.4, 0.5) is 0 Å². The smallest absolute Gasteiger partial charge is 0.343 e. The van der Waals surface area contributed by atoms with Crippen molar-refractivity contribution in [3.05, 3.63) is 71.8 Å². The molecule has 3 aromatic rings. The van der Waals surface area contributed by atoms with Crippen molar-refractivity contribution in [3.63, 3.8) is 0 Å². The summed E-state index contributed by atoms with van der Waals surface area (Å²) in [5.74, 6) is 0.320. The number of epoxide rings is 2. The van der Waals surface area contributed by atoms with Gasteiger partial charge in [-0.1, -0.05) is 12.1 Å². The molecule has 0 amide bonds. The molecule has 0 aromatic heterocycles. The van der Waals surface area contributed by atoms with E-state index in [4.69, 9.17) is 23.7 Å². The summed E-state index contributed by atoms with van der Waals surface area (Å²) in [6.45, 7) is 2.51. The highest BCUT2D eigenvalue weighted by Gasteiger charge is 2.23. The molecule has 2 aliphatic rings. The van der Waals surface area contributed by atoms with Gasteiger partial charge in [0.2, 0.25) is 0 Å². The Labute approximate surface area is 197 Å². The fourth-order valence-corrected chi connectivity index (χ4v) is 3.58. The molecule has 0 aliphatic carbocycles. The summed E-state index contributed by atoms with van der Waals surface area (Å²) >= 11 is 0. The highest BCUT2D eigenvalue weighted by Crippen LogP contribution is 2.24. The molecule has 0 saturated carbocycles. The lowest BCUT2D eigenvalue weighted by Crippen LogP contribution is -2.09. The normalized spacial score (nSPS) is 18.4. The van der Waals surface area contributed by atoms with Gasteiger partial charge in [0.05, 0.1) is 37.1 Å². The molecule has 34 heavy (non-hydrogen) atoms. The minimum Gasteiger partial charge on any atom is -0.491 e. The van der Waals surface area contributed by atoms with Gasteiger partial charge in [0, 0.05) is 0 Å². The van der Waals surface area contributed by atoms with Gasteiger partial charge in [-0.3, -0.25) is 0 Å². The molecule has 7 nitrogen and oxygen atoms in total. The van der Waals surface area contributed by atoms with Crippen LogP contribution in [0.2, 0.25) is 0 Å². The molecule has 3 aromatic carbocycles. The van der Waals surface area contributed by atoms with Crippen molar-refractivity contribution in [3.8, 4) is 11.5 Å².